The lowest BCUT2D eigenvalue weighted by Gasteiger charge is -2.23. The van der Waals surface area contributed by atoms with Crippen LogP contribution in [0.5, 0.6) is 0 Å². The Morgan fingerprint density at radius 3 is 2.54 bits per heavy atom. The lowest BCUT2D eigenvalue weighted by Crippen LogP contribution is -2.34. The molecule has 1 N–H and O–H groups in total. The highest BCUT2D eigenvalue weighted by molar-refractivity contribution is 9.10. The molecular weight excluding hydrogens is 484 g/mol. The van der Waals surface area contributed by atoms with Crippen molar-refractivity contribution in [1.82, 2.24) is 0 Å². The van der Waals surface area contributed by atoms with Crippen molar-refractivity contribution in [1.29, 1.82) is 0 Å². The number of aryl methyl sites for hydroxylation is 1. The van der Waals surface area contributed by atoms with Crippen LogP contribution < -0.4 is 9.62 Å². The average Bonchev–Trinajstić information content (AvgIpc) is 2.84. The Hall–Kier alpha value is -1.38. The number of nitrogens with one attached hydrogen (secondary N) is 1. The average molecular weight is 502 g/mol. The van der Waals surface area contributed by atoms with Gasteiger partial charge in [0, 0.05) is 21.9 Å². The number of carbonyl (C=O) groups excluding carboxylic acids is 1. The molecule has 1 heterocycles. The molecule has 2 aromatic carbocycles. The van der Waals surface area contributed by atoms with E-state index in [0.717, 1.165) is 11.1 Å². The van der Waals surface area contributed by atoms with Crippen LogP contribution in [0.4, 0.5) is 11.4 Å². The molecular formula is C18H18Br2N2O3S. The van der Waals surface area contributed by atoms with Gasteiger partial charge in [-0.1, -0.05) is 22.0 Å². The lowest BCUT2D eigenvalue weighted by atomic mass is 10.1. The van der Waals surface area contributed by atoms with Gasteiger partial charge < -0.3 is 4.90 Å². The molecule has 1 atom stereocenters. The molecule has 0 fully saturated rings. The first-order valence-corrected chi connectivity index (χ1v) is 11.1. The van der Waals surface area contributed by atoms with Gasteiger partial charge in [0.2, 0.25) is 5.91 Å². The number of sulfonamides is 1. The van der Waals surface area contributed by atoms with E-state index >= 15 is 0 Å². The van der Waals surface area contributed by atoms with Gasteiger partial charge in [0.25, 0.3) is 10.0 Å². The molecule has 1 aliphatic rings. The summed E-state index contributed by atoms with van der Waals surface area (Å²) in [5, 5.41) is 0. The summed E-state index contributed by atoms with van der Waals surface area (Å²) in [6.07, 6.45) is 0.616. The van der Waals surface area contributed by atoms with Crippen LogP contribution in [0.2, 0.25) is 0 Å². The molecule has 0 aliphatic carbocycles. The molecule has 0 aromatic heterocycles. The van der Waals surface area contributed by atoms with Crippen LogP contribution in [-0.2, 0) is 21.2 Å². The van der Waals surface area contributed by atoms with E-state index in [-0.39, 0.29) is 16.8 Å². The maximum absolute atomic E-state index is 13.1. The second-order valence-corrected chi connectivity index (χ2v) is 9.86. The Balaban J connectivity index is 2.13. The molecule has 1 aliphatic heterocycles. The van der Waals surface area contributed by atoms with Crippen molar-refractivity contribution in [3.63, 3.8) is 0 Å². The minimum absolute atomic E-state index is 0.0862. The third-order valence-electron chi connectivity index (χ3n) is 4.31. The van der Waals surface area contributed by atoms with Crippen LogP contribution in [0.1, 0.15) is 25.0 Å². The summed E-state index contributed by atoms with van der Waals surface area (Å²) in [6, 6.07) is 8.70. The zero-order valence-corrected chi connectivity index (χ0v) is 18.5. The summed E-state index contributed by atoms with van der Waals surface area (Å²) in [6.45, 7) is 5.29. The summed E-state index contributed by atoms with van der Waals surface area (Å²) >= 11 is 6.78. The molecule has 0 saturated carbocycles. The molecule has 2 aromatic rings. The van der Waals surface area contributed by atoms with Crippen LogP contribution in [0.25, 0.3) is 0 Å². The number of carbonyl (C=O) groups is 1. The second kappa shape index (κ2) is 6.98. The number of anilines is 2. The molecule has 0 spiro atoms. The number of hydrogen-bond donors (Lipinski definition) is 1. The third-order valence-corrected chi connectivity index (χ3v) is 6.81. The van der Waals surface area contributed by atoms with E-state index in [1.807, 2.05) is 32.0 Å². The highest BCUT2D eigenvalue weighted by Crippen LogP contribution is 2.41. The molecule has 0 saturated heterocycles. The summed E-state index contributed by atoms with van der Waals surface area (Å²) in [7, 11) is -3.89. The molecule has 138 valence electrons. The first-order valence-electron chi connectivity index (χ1n) is 8.01. The predicted octanol–water partition coefficient (Wildman–Crippen LogP) is 4.62. The lowest BCUT2D eigenvalue weighted by molar-refractivity contribution is -0.116. The maximum atomic E-state index is 13.1. The van der Waals surface area contributed by atoms with E-state index in [9.17, 15) is 13.2 Å². The van der Waals surface area contributed by atoms with Crippen molar-refractivity contribution in [3.05, 3.63) is 50.4 Å². The van der Waals surface area contributed by atoms with Crippen molar-refractivity contribution in [2.24, 2.45) is 0 Å². The third kappa shape index (κ3) is 3.54. The topological polar surface area (TPSA) is 66.5 Å². The van der Waals surface area contributed by atoms with Gasteiger partial charge in [0.1, 0.15) is 4.90 Å². The van der Waals surface area contributed by atoms with Crippen molar-refractivity contribution in [2.45, 2.75) is 38.1 Å². The van der Waals surface area contributed by atoms with E-state index in [1.165, 1.54) is 13.0 Å². The first-order chi connectivity index (χ1) is 12.1. The van der Waals surface area contributed by atoms with E-state index in [4.69, 9.17) is 0 Å². The van der Waals surface area contributed by atoms with Crippen LogP contribution in [0.15, 0.2) is 44.2 Å². The maximum Gasteiger partial charge on any atom is 0.264 e. The number of nitrogens with zero attached hydrogens (tertiary/aromatic N) is 1. The van der Waals surface area contributed by atoms with Gasteiger partial charge in [-0.3, -0.25) is 9.52 Å². The fourth-order valence-corrected chi connectivity index (χ4v) is 5.99. The van der Waals surface area contributed by atoms with Gasteiger partial charge in [-0.25, -0.2) is 8.42 Å². The van der Waals surface area contributed by atoms with Gasteiger partial charge >= 0.3 is 0 Å². The number of hydrogen-bond acceptors (Lipinski definition) is 3. The standard InChI is InChI=1S/C18H18Br2N2O3S/c1-10-4-5-16(15(20)6-10)21-26(24,25)17-9-14(19)8-13-7-11(2)22(12(3)23)18(13)17/h4-6,8-9,11,21H,7H2,1-3H3/t11-/m0/s1. The van der Waals surface area contributed by atoms with Crippen LogP contribution >= 0.6 is 31.9 Å². The van der Waals surface area contributed by atoms with Crippen LogP contribution in [-0.4, -0.2) is 20.4 Å². The Morgan fingerprint density at radius 2 is 1.92 bits per heavy atom. The van der Waals surface area contributed by atoms with E-state index in [1.54, 1.807) is 11.0 Å². The fourth-order valence-electron chi connectivity index (χ4n) is 3.26. The Kier molecular flexibility index (Phi) is 5.20. The largest absolute Gasteiger partial charge is 0.308 e. The Labute approximate surface area is 170 Å². The van der Waals surface area contributed by atoms with Crippen molar-refractivity contribution in [2.75, 3.05) is 9.62 Å². The van der Waals surface area contributed by atoms with E-state index < -0.39 is 10.0 Å². The second-order valence-electron chi connectivity index (χ2n) is 6.44. The van der Waals surface area contributed by atoms with Gasteiger partial charge in [0.15, 0.2) is 0 Å². The molecule has 3 rings (SSSR count). The summed E-state index contributed by atoms with van der Waals surface area (Å²) < 4.78 is 30.2. The van der Waals surface area contributed by atoms with Crippen LogP contribution in [0.3, 0.4) is 0 Å². The first kappa shape index (κ1) is 19.4. The highest BCUT2D eigenvalue weighted by atomic mass is 79.9. The normalized spacial score (nSPS) is 16.5. The number of amides is 1. The molecule has 26 heavy (non-hydrogen) atoms. The summed E-state index contributed by atoms with van der Waals surface area (Å²) in [5.41, 5.74) is 2.76. The van der Waals surface area contributed by atoms with E-state index in [2.05, 4.69) is 36.6 Å². The Morgan fingerprint density at radius 1 is 1.23 bits per heavy atom. The molecule has 0 radical (unpaired) electrons. The molecule has 0 unspecified atom stereocenters. The number of rotatable bonds is 3. The van der Waals surface area contributed by atoms with E-state index in [0.29, 0.717) is 26.7 Å². The van der Waals surface area contributed by atoms with Gasteiger partial charge in [-0.05, 0) is 71.6 Å². The van der Waals surface area contributed by atoms with Crippen molar-refractivity contribution < 1.29 is 13.2 Å². The highest BCUT2D eigenvalue weighted by Gasteiger charge is 2.35. The van der Waals surface area contributed by atoms with Crippen molar-refractivity contribution in [3.8, 4) is 0 Å². The zero-order valence-electron chi connectivity index (χ0n) is 14.5. The number of benzene rings is 2. The monoisotopic (exact) mass is 500 g/mol. The summed E-state index contributed by atoms with van der Waals surface area (Å²) in [5.74, 6) is -0.175. The quantitative estimate of drug-likeness (QED) is 0.667. The fraction of sp³-hybridized carbons (Fsp3) is 0.278. The van der Waals surface area contributed by atoms with Crippen LogP contribution in [0, 0.1) is 6.92 Å². The zero-order chi connectivity index (χ0) is 19.2. The van der Waals surface area contributed by atoms with Gasteiger partial charge in [0.05, 0.1) is 11.4 Å². The number of fused-ring (bicyclic) bond motifs is 1. The molecule has 1 amide bonds. The van der Waals surface area contributed by atoms with Gasteiger partial charge in [-0.15, -0.1) is 0 Å². The molecule has 0 bridgehead atoms. The summed E-state index contributed by atoms with van der Waals surface area (Å²) in [4.78, 5) is 13.8. The number of halogens is 2. The molecule has 8 heteroatoms. The molecule has 5 nitrogen and oxygen atoms in total. The SMILES string of the molecule is CC(=O)N1c2c(cc(Br)cc2S(=O)(=O)Nc2ccc(C)cc2Br)C[C@@H]1C. The predicted molar refractivity (Wildman–Crippen MR) is 110 cm³/mol. The minimum Gasteiger partial charge on any atom is -0.308 e. The van der Waals surface area contributed by atoms with Crippen molar-refractivity contribution >= 4 is 59.2 Å². The minimum atomic E-state index is -3.89. The Bertz CT molecular complexity index is 1010. The van der Waals surface area contributed by atoms with Gasteiger partial charge in [-0.2, -0.15) is 0 Å². The smallest absolute Gasteiger partial charge is 0.264 e.